The molecule has 2 unspecified atom stereocenters. The molecule has 1 aliphatic carbocycles. The Bertz CT molecular complexity index is 395. The molecule has 2 atom stereocenters. The summed E-state index contributed by atoms with van der Waals surface area (Å²) in [5.41, 5.74) is -0.353. The summed E-state index contributed by atoms with van der Waals surface area (Å²) in [5, 5.41) is 12.2. The average Bonchev–Trinajstić information content (AvgIpc) is 3.31. The molecular weight excluding hydrogens is 268 g/mol. The third kappa shape index (κ3) is 4.19. The number of hydrogen-bond donors (Lipinski definition) is 2. The van der Waals surface area contributed by atoms with E-state index in [4.69, 9.17) is 5.11 Å². The second kappa shape index (κ2) is 6.77. The van der Waals surface area contributed by atoms with Crippen LogP contribution in [0.4, 0.5) is 0 Å². The number of likely N-dealkylation sites (tertiary alicyclic amines) is 1. The Labute approximate surface area is 127 Å². The molecule has 0 aromatic rings. The third-order valence-corrected chi connectivity index (χ3v) is 4.90. The van der Waals surface area contributed by atoms with E-state index < -0.39 is 0 Å². The Balaban J connectivity index is 1.90. The summed E-state index contributed by atoms with van der Waals surface area (Å²) in [5.74, 6) is 0.385. The van der Waals surface area contributed by atoms with E-state index in [9.17, 15) is 9.59 Å². The number of amides is 2. The molecule has 1 heterocycles. The first-order chi connectivity index (χ1) is 9.99. The molecular formula is C16H28N2O3. The zero-order valence-electron chi connectivity index (χ0n) is 13.2. The molecule has 5 nitrogen and oxygen atoms in total. The van der Waals surface area contributed by atoms with Crippen LogP contribution in [0.2, 0.25) is 0 Å². The highest BCUT2D eigenvalue weighted by Crippen LogP contribution is 2.32. The van der Waals surface area contributed by atoms with Crippen molar-refractivity contribution in [3.8, 4) is 0 Å². The fourth-order valence-corrected chi connectivity index (χ4v) is 2.95. The maximum atomic E-state index is 12.5. The second-order valence-electron chi connectivity index (χ2n) is 6.77. The summed E-state index contributed by atoms with van der Waals surface area (Å²) >= 11 is 0. The Hall–Kier alpha value is -1.10. The predicted octanol–water partition coefficient (Wildman–Crippen LogP) is 1.30. The van der Waals surface area contributed by atoms with Crippen LogP contribution in [0.5, 0.6) is 0 Å². The van der Waals surface area contributed by atoms with Crippen LogP contribution in [-0.2, 0) is 9.59 Å². The van der Waals surface area contributed by atoms with Crippen LogP contribution >= 0.6 is 0 Å². The van der Waals surface area contributed by atoms with Crippen molar-refractivity contribution in [2.24, 2.45) is 11.8 Å². The highest BCUT2D eigenvalue weighted by atomic mass is 16.3. The van der Waals surface area contributed by atoms with Gasteiger partial charge in [0.1, 0.15) is 0 Å². The van der Waals surface area contributed by atoms with Gasteiger partial charge >= 0.3 is 0 Å². The largest absolute Gasteiger partial charge is 0.396 e. The van der Waals surface area contributed by atoms with Crippen molar-refractivity contribution in [2.75, 3.05) is 19.7 Å². The van der Waals surface area contributed by atoms with Crippen molar-refractivity contribution in [3.63, 3.8) is 0 Å². The van der Waals surface area contributed by atoms with Crippen LogP contribution in [0.15, 0.2) is 0 Å². The van der Waals surface area contributed by atoms with Crippen LogP contribution in [0, 0.1) is 11.8 Å². The van der Waals surface area contributed by atoms with E-state index in [1.165, 1.54) is 0 Å². The lowest BCUT2D eigenvalue weighted by molar-refractivity contribution is -0.137. The highest BCUT2D eigenvalue weighted by molar-refractivity contribution is 5.83. The highest BCUT2D eigenvalue weighted by Gasteiger charge is 2.37. The molecule has 0 bridgehead atoms. The Morgan fingerprint density at radius 2 is 2.00 bits per heavy atom. The molecule has 120 valence electrons. The number of nitrogens with zero attached hydrogens (tertiary/aromatic N) is 1. The Morgan fingerprint density at radius 1 is 1.29 bits per heavy atom. The first-order valence-corrected chi connectivity index (χ1v) is 8.21. The quantitative estimate of drug-likeness (QED) is 0.776. The summed E-state index contributed by atoms with van der Waals surface area (Å²) in [4.78, 5) is 26.5. The van der Waals surface area contributed by atoms with Gasteiger partial charge in [-0.05, 0) is 45.4 Å². The molecule has 0 aromatic carbocycles. The smallest absolute Gasteiger partial charge is 0.225 e. The molecule has 2 rings (SSSR count). The van der Waals surface area contributed by atoms with Crippen LogP contribution < -0.4 is 5.32 Å². The van der Waals surface area contributed by atoms with Gasteiger partial charge in [-0.2, -0.15) is 0 Å². The summed E-state index contributed by atoms with van der Waals surface area (Å²) in [6.45, 7) is 5.40. The first kappa shape index (κ1) is 16.3. The van der Waals surface area contributed by atoms with Gasteiger partial charge in [0.25, 0.3) is 0 Å². The van der Waals surface area contributed by atoms with E-state index in [1.807, 2.05) is 18.7 Å². The molecule has 1 saturated heterocycles. The zero-order valence-corrected chi connectivity index (χ0v) is 13.2. The fourth-order valence-electron chi connectivity index (χ4n) is 2.95. The Morgan fingerprint density at radius 3 is 2.57 bits per heavy atom. The predicted molar refractivity (Wildman–Crippen MR) is 80.6 cm³/mol. The maximum absolute atomic E-state index is 12.5. The van der Waals surface area contributed by atoms with Gasteiger partial charge in [0.2, 0.25) is 11.8 Å². The number of piperidine rings is 1. The van der Waals surface area contributed by atoms with E-state index in [0.29, 0.717) is 13.0 Å². The van der Waals surface area contributed by atoms with Gasteiger partial charge in [0.15, 0.2) is 0 Å². The van der Waals surface area contributed by atoms with E-state index in [1.54, 1.807) is 0 Å². The molecule has 1 aliphatic heterocycles. The molecule has 0 radical (unpaired) electrons. The van der Waals surface area contributed by atoms with Crippen molar-refractivity contribution >= 4 is 11.8 Å². The van der Waals surface area contributed by atoms with Crippen molar-refractivity contribution in [1.29, 1.82) is 0 Å². The van der Waals surface area contributed by atoms with Crippen molar-refractivity contribution in [2.45, 2.75) is 57.9 Å². The van der Waals surface area contributed by atoms with Gasteiger partial charge in [-0.3, -0.25) is 9.59 Å². The summed E-state index contributed by atoms with van der Waals surface area (Å²) in [6, 6.07) is 0. The molecule has 2 fully saturated rings. The van der Waals surface area contributed by atoms with Gasteiger partial charge in [-0.15, -0.1) is 0 Å². The van der Waals surface area contributed by atoms with Crippen LogP contribution in [0.3, 0.4) is 0 Å². The van der Waals surface area contributed by atoms with Gasteiger partial charge in [0.05, 0.1) is 5.92 Å². The van der Waals surface area contributed by atoms with Gasteiger partial charge in [-0.1, -0.05) is 6.92 Å². The molecule has 0 spiro atoms. The Kier molecular flexibility index (Phi) is 5.25. The lowest BCUT2D eigenvalue weighted by atomic mass is 9.91. The van der Waals surface area contributed by atoms with E-state index in [2.05, 4.69) is 5.32 Å². The minimum atomic E-state index is -0.353. The van der Waals surface area contributed by atoms with E-state index in [0.717, 1.165) is 38.6 Å². The number of aliphatic hydroxyl groups excluding tert-OH is 1. The van der Waals surface area contributed by atoms with Crippen LogP contribution in [-0.4, -0.2) is 47.1 Å². The fraction of sp³-hybridized carbons (Fsp3) is 0.875. The van der Waals surface area contributed by atoms with Gasteiger partial charge in [0, 0.05) is 31.2 Å². The van der Waals surface area contributed by atoms with Crippen molar-refractivity contribution in [1.82, 2.24) is 10.2 Å². The number of hydrogen-bond acceptors (Lipinski definition) is 3. The molecule has 2 amide bonds. The summed E-state index contributed by atoms with van der Waals surface area (Å²) in [7, 11) is 0. The lowest BCUT2D eigenvalue weighted by Gasteiger charge is -2.35. The third-order valence-electron chi connectivity index (χ3n) is 4.90. The molecule has 1 saturated carbocycles. The number of carbonyl (C=O) groups is 2. The lowest BCUT2D eigenvalue weighted by Crippen LogP contribution is -2.52. The van der Waals surface area contributed by atoms with Crippen molar-refractivity contribution in [3.05, 3.63) is 0 Å². The number of carbonyl (C=O) groups excluding carboxylic acids is 2. The average molecular weight is 296 g/mol. The minimum Gasteiger partial charge on any atom is -0.396 e. The number of nitrogens with one attached hydrogen (secondary N) is 1. The first-order valence-electron chi connectivity index (χ1n) is 8.21. The normalized spacial score (nSPS) is 25.3. The molecule has 2 N–H and O–H groups in total. The van der Waals surface area contributed by atoms with E-state index >= 15 is 0 Å². The van der Waals surface area contributed by atoms with Gasteiger partial charge in [-0.25, -0.2) is 0 Å². The monoisotopic (exact) mass is 296 g/mol. The van der Waals surface area contributed by atoms with E-state index in [-0.39, 0.29) is 35.8 Å². The molecule has 0 aromatic heterocycles. The minimum absolute atomic E-state index is 0.0288. The van der Waals surface area contributed by atoms with Crippen LogP contribution in [0.1, 0.15) is 52.4 Å². The SMILES string of the molecule is CCC(C)(CCO)NC(=O)C1CCCN(C(=O)C2CC2)C1. The number of rotatable bonds is 6. The zero-order chi connectivity index (χ0) is 15.5. The summed E-state index contributed by atoms with van der Waals surface area (Å²) < 4.78 is 0. The van der Waals surface area contributed by atoms with Crippen molar-refractivity contribution < 1.29 is 14.7 Å². The van der Waals surface area contributed by atoms with Gasteiger partial charge < -0.3 is 15.3 Å². The molecule has 2 aliphatic rings. The molecule has 5 heteroatoms. The topological polar surface area (TPSA) is 69.6 Å². The molecule has 21 heavy (non-hydrogen) atoms. The summed E-state index contributed by atoms with van der Waals surface area (Å²) in [6.07, 6.45) is 5.12. The maximum Gasteiger partial charge on any atom is 0.225 e. The standard InChI is InChI=1S/C16H28N2O3/c1-3-16(2,8-10-19)17-14(20)13-5-4-9-18(11-13)15(21)12-6-7-12/h12-13,19H,3-11H2,1-2H3,(H,17,20). The number of aliphatic hydroxyl groups is 1. The second-order valence-corrected chi connectivity index (χ2v) is 6.77. The van der Waals surface area contributed by atoms with Crippen LogP contribution in [0.25, 0.3) is 0 Å².